The third-order valence-electron chi connectivity index (χ3n) is 5.21. The number of sulfone groups is 1. The second-order valence-corrected chi connectivity index (χ2v) is 9.79. The number of nitrogens with zero attached hydrogens (tertiary/aromatic N) is 6. The molecule has 0 aliphatic carbocycles. The summed E-state index contributed by atoms with van der Waals surface area (Å²) >= 11 is 0. The molecule has 0 saturated carbocycles. The Labute approximate surface area is 179 Å². The first-order valence-electron chi connectivity index (χ1n) is 9.85. The Balaban J connectivity index is 1.34. The van der Waals surface area contributed by atoms with Gasteiger partial charge in [0.25, 0.3) is 0 Å². The molecule has 4 aromatic rings. The van der Waals surface area contributed by atoms with Crippen LogP contribution in [0.3, 0.4) is 0 Å². The summed E-state index contributed by atoms with van der Waals surface area (Å²) in [5, 5.41) is 3.21. The van der Waals surface area contributed by atoms with Crippen LogP contribution in [0.5, 0.6) is 0 Å². The van der Waals surface area contributed by atoms with E-state index >= 15 is 0 Å². The van der Waals surface area contributed by atoms with E-state index < -0.39 is 9.84 Å². The number of anilines is 3. The van der Waals surface area contributed by atoms with Crippen LogP contribution in [0.15, 0.2) is 55.2 Å². The molecule has 1 aliphatic heterocycles. The number of hydrogen-bond donors (Lipinski definition) is 1. The van der Waals surface area contributed by atoms with E-state index in [1.807, 2.05) is 35.1 Å². The number of nitrogens with one attached hydrogen (secondary N) is 1. The van der Waals surface area contributed by atoms with Crippen molar-refractivity contribution in [3.8, 4) is 0 Å². The van der Waals surface area contributed by atoms with Crippen LogP contribution in [0, 0.1) is 0 Å². The van der Waals surface area contributed by atoms with Crippen molar-refractivity contribution in [1.82, 2.24) is 24.3 Å². The van der Waals surface area contributed by atoms with Crippen LogP contribution in [0.25, 0.3) is 5.65 Å². The summed E-state index contributed by atoms with van der Waals surface area (Å²) in [5.74, 6) is 1.55. The summed E-state index contributed by atoms with van der Waals surface area (Å²) in [7, 11) is -3.06. The Morgan fingerprint density at radius 1 is 1.10 bits per heavy atom. The summed E-state index contributed by atoms with van der Waals surface area (Å²) in [4.78, 5) is 20.0. The quantitative estimate of drug-likeness (QED) is 0.509. The number of hydrogen-bond acceptors (Lipinski definition) is 8. The summed E-state index contributed by atoms with van der Waals surface area (Å²) in [5.41, 5.74) is 4.48. The monoisotopic (exact) mass is 435 g/mol. The normalized spacial score (nSPS) is 13.9. The Morgan fingerprint density at radius 3 is 2.74 bits per heavy atom. The molecule has 0 fully saturated rings. The van der Waals surface area contributed by atoms with Crippen molar-refractivity contribution >= 4 is 32.9 Å². The van der Waals surface area contributed by atoms with Gasteiger partial charge in [0.2, 0.25) is 5.95 Å². The Hall–Kier alpha value is -3.53. The van der Waals surface area contributed by atoms with Crippen LogP contribution in [0.1, 0.15) is 16.8 Å². The summed E-state index contributed by atoms with van der Waals surface area (Å²) in [6, 6.07) is 7.26. The molecular formula is C21H21N7O2S. The highest BCUT2D eigenvalue weighted by atomic mass is 32.2. The van der Waals surface area contributed by atoms with Crippen molar-refractivity contribution in [3.63, 3.8) is 0 Å². The first kappa shape index (κ1) is 19.4. The van der Waals surface area contributed by atoms with Crippen LogP contribution in [0.2, 0.25) is 0 Å². The van der Waals surface area contributed by atoms with Crippen LogP contribution < -0.4 is 10.2 Å². The van der Waals surface area contributed by atoms with Gasteiger partial charge in [0, 0.05) is 37.1 Å². The lowest BCUT2D eigenvalue weighted by atomic mass is 10.1. The summed E-state index contributed by atoms with van der Waals surface area (Å²) in [6.45, 7) is 1.52. The minimum absolute atomic E-state index is 0.0256. The molecule has 0 bridgehead atoms. The molecule has 1 aromatic carbocycles. The highest BCUT2D eigenvalue weighted by Gasteiger charge is 2.21. The summed E-state index contributed by atoms with van der Waals surface area (Å²) < 4.78 is 24.9. The first-order chi connectivity index (χ1) is 14.9. The molecule has 0 amide bonds. The van der Waals surface area contributed by atoms with Gasteiger partial charge in [-0.3, -0.25) is 9.38 Å². The number of fused-ring (bicyclic) bond motifs is 2. The Morgan fingerprint density at radius 2 is 1.94 bits per heavy atom. The molecule has 9 nitrogen and oxygen atoms in total. The van der Waals surface area contributed by atoms with Gasteiger partial charge in [-0.2, -0.15) is 0 Å². The van der Waals surface area contributed by atoms with Gasteiger partial charge in [-0.15, -0.1) is 0 Å². The molecule has 0 unspecified atom stereocenters. The number of rotatable bonds is 5. The minimum Gasteiger partial charge on any atom is -0.350 e. The fourth-order valence-corrected chi connectivity index (χ4v) is 4.54. The maximum atomic E-state index is 11.4. The largest absolute Gasteiger partial charge is 0.350 e. The van der Waals surface area contributed by atoms with Gasteiger partial charge in [0.1, 0.15) is 5.82 Å². The van der Waals surface area contributed by atoms with Crippen LogP contribution >= 0.6 is 0 Å². The second-order valence-electron chi connectivity index (χ2n) is 7.65. The molecule has 3 aromatic heterocycles. The molecule has 1 N–H and O–H groups in total. The second kappa shape index (κ2) is 7.62. The van der Waals surface area contributed by atoms with Gasteiger partial charge in [0.05, 0.1) is 30.4 Å². The van der Waals surface area contributed by atoms with Crippen molar-refractivity contribution in [2.24, 2.45) is 0 Å². The maximum Gasteiger partial charge on any atom is 0.227 e. The molecule has 1 aliphatic rings. The van der Waals surface area contributed by atoms with Crippen molar-refractivity contribution in [2.45, 2.75) is 18.7 Å². The molecule has 10 heteroatoms. The standard InChI is InChI=1S/C21H21N7O2S/c1-31(29,30)14-15-2-4-17(5-3-15)25-21-24-10-16-6-8-27(13-18(16)26-21)20-12-23-19-11-22-7-9-28(19)20/h2-5,7,9-12H,6,8,13-14H2,1H3,(H,24,25,26). The fourth-order valence-electron chi connectivity index (χ4n) is 3.74. The Kier molecular flexibility index (Phi) is 4.78. The van der Waals surface area contributed by atoms with Crippen LogP contribution in [-0.4, -0.2) is 45.6 Å². The lowest BCUT2D eigenvalue weighted by molar-refractivity contribution is 0.601. The third kappa shape index (κ3) is 4.19. The maximum absolute atomic E-state index is 11.4. The topological polar surface area (TPSA) is 105 Å². The predicted molar refractivity (Wildman–Crippen MR) is 118 cm³/mol. The molecule has 0 spiro atoms. The number of benzene rings is 1. The lowest BCUT2D eigenvalue weighted by Crippen LogP contribution is -2.32. The van der Waals surface area contributed by atoms with E-state index in [-0.39, 0.29) is 5.75 Å². The average molecular weight is 436 g/mol. The smallest absolute Gasteiger partial charge is 0.227 e. The van der Waals surface area contributed by atoms with Gasteiger partial charge in [-0.05, 0) is 29.7 Å². The zero-order valence-electron chi connectivity index (χ0n) is 16.9. The first-order valence-corrected chi connectivity index (χ1v) is 11.9. The van der Waals surface area contributed by atoms with Gasteiger partial charge >= 0.3 is 0 Å². The lowest BCUT2D eigenvalue weighted by Gasteiger charge is -2.29. The third-order valence-corrected chi connectivity index (χ3v) is 6.06. The van der Waals surface area contributed by atoms with Crippen LogP contribution in [-0.2, 0) is 28.6 Å². The van der Waals surface area contributed by atoms with Gasteiger partial charge in [-0.25, -0.2) is 23.4 Å². The zero-order chi connectivity index (χ0) is 21.4. The highest BCUT2D eigenvalue weighted by molar-refractivity contribution is 7.89. The molecule has 158 valence electrons. The molecular weight excluding hydrogens is 414 g/mol. The average Bonchev–Trinajstić information content (AvgIpc) is 3.18. The predicted octanol–water partition coefficient (Wildman–Crippen LogP) is 2.37. The number of imidazole rings is 1. The fraction of sp³-hybridized carbons (Fsp3) is 0.238. The molecule has 4 heterocycles. The molecule has 0 atom stereocenters. The van der Waals surface area contributed by atoms with E-state index in [4.69, 9.17) is 4.98 Å². The zero-order valence-corrected chi connectivity index (χ0v) is 17.7. The van der Waals surface area contributed by atoms with Crippen LogP contribution in [0.4, 0.5) is 17.5 Å². The molecule has 0 radical (unpaired) electrons. The van der Waals surface area contributed by atoms with E-state index in [2.05, 4.69) is 25.2 Å². The van der Waals surface area contributed by atoms with E-state index in [1.165, 1.54) is 6.26 Å². The van der Waals surface area contributed by atoms with E-state index in [0.29, 0.717) is 12.5 Å². The Bertz CT molecular complexity index is 1350. The minimum atomic E-state index is -3.06. The van der Waals surface area contributed by atoms with E-state index in [9.17, 15) is 8.42 Å². The van der Waals surface area contributed by atoms with Gasteiger partial charge < -0.3 is 10.2 Å². The van der Waals surface area contributed by atoms with Crippen molar-refractivity contribution < 1.29 is 8.42 Å². The SMILES string of the molecule is CS(=O)(=O)Cc1ccc(Nc2ncc3c(n2)CN(c2cnc4cnccn24)CC3)cc1. The summed E-state index contributed by atoms with van der Waals surface area (Å²) in [6.07, 6.45) is 11.2. The van der Waals surface area contributed by atoms with E-state index in [1.54, 1.807) is 24.5 Å². The van der Waals surface area contributed by atoms with Gasteiger partial charge in [0.15, 0.2) is 15.5 Å². The molecule has 31 heavy (non-hydrogen) atoms. The molecule has 0 saturated heterocycles. The van der Waals surface area contributed by atoms with E-state index in [0.717, 1.165) is 46.9 Å². The van der Waals surface area contributed by atoms with Crippen molar-refractivity contribution in [2.75, 3.05) is 23.0 Å². The molecule has 5 rings (SSSR count). The van der Waals surface area contributed by atoms with Crippen molar-refractivity contribution in [3.05, 3.63) is 72.1 Å². The highest BCUT2D eigenvalue weighted by Crippen LogP contribution is 2.25. The van der Waals surface area contributed by atoms with Crippen molar-refractivity contribution in [1.29, 1.82) is 0 Å². The number of aromatic nitrogens is 5. The van der Waals surface area contributed by atoms with Gasteiger partial charge in [-0.1, -0.05) is 12.1 Å².